The predicted octanol–water partition coefficient (Wildman–Crippen LogP) is 2.19. The Morgan fingerprint density at radius 3 is 2.76 bits per heavy atom. The van der Waals surface area contributed by atoms with Gasteiger partial charge in [-0.3, -0.25) is 4.99 Å². The molecule has 0 unspecified atom stereocenters. The first-order valence-electron chi connectivity index (χ1n) is 7.42. The number of morpholine rings is 1. The van der Waals surface area contributed by atoms with Gasteiger partial charge in [-0.15, -0.1) is 12.6 Å². The van der Waals surface area contributed by atoms with Crippen molar-refractivity contribution in [3.05, 3.63) is 22.9 Å². The van der Waals surface area contributed by atoms with Crippen molar-refractivity contribution in [3.63, 3.8) is 0 Å². The van der Waals surface area contributed by atoms with Gasteiger partial charge in [0, 0.05) is 31.8 Å². The maximum Gasteiger partial charge on any atom is 0.105 e. The van der Waals surface area contributed by atoms with Crippen LogP contribution in [0.25, 0.3) is 0 Å². The summed E-state index contributed by atoms with van der Waals surface area (Å²) >= 11 is 4.27. The quantitative estimate of drug-likeness (QED) is 0.475. The molecule has 0 aromatic rings. The minimum atomic E-state index is 0.282. The maximum atomic E-state index is 5.37. The fraction of sp³-hybridized carbons (Fsp3) is 0.600. The third-order valence-corrected chi connectivity index (χ3v) is 3.69. The largest absolute Gasteiger partial charge is 0.378 e. The fourth-order valence-electron chi connectivity index (χ4n) is 2.26. The monoisotopic (exact) mass is 308 g/mol. The highest BCUT2D eigenvalue weighted by molar-refractivity contribution is 7.83. The van der Waals surface area contributed by atoms with Crippen LogP contribution < -0.4 is 5.32 Å². The molecule has 2 aliphatic heterocycles. The molecule has 0 aliphatic carbocycles. The van der Waals surface area contributed by atoms with E-state index in [2.05, 4.69) is 32.8 Å². The van der Waals surface area contributed by atoms with Crippen molar-refractivity contribution in [2.75, 3.05) is 26.3 Å². The van der Waals surface area contributed by atoms with E-state index in [1.165, 1.54) is 0 Å². The SMILES string of the molecule is CC(C)N=CN/C(=C\S)C1=CN=C(N2CCOCC2)CC1. The molecule has 2 aliphatic rings. The van der Waals surface area contributed by atoms with Crippen molar-refractivity contribution in [2.24, 2.45) is 9.98 Å². The van der Waals surface area contributed by atoms with Crippen LogP contribution in [0.1, 0.15) is 26.7 Å². The van der Waals surface area contributed by atoms with E-state index < -0.39 is 0 Å². The van der Waals surface area contributed by atoms with Gasteiger partial charge >= 0.3 is 0 Å². The number of nitrogens with one attached hydrogen (secondary N) is 1. The summed E-state index contributed by atoms with van der Waals surface area (Å²) in [5.74, 6) is 1.16. The minimum Gasteiger partial charge on any atom is -0.378 e. The molecule has 2 rings (SSSR count). The first-order valence-corrected chi connectivity index (χ1v) is 7.93. The minimum absolute atomic E-state index is 0.282. The molecule has 0 saturated carbocycles. The summed E-state index contributed by atoms with van der Waals surface area (Å²) in [4.78, 5) is 11.2. The fourth-order valence-corrected chi connectivity index (χ4v) is 2.50. The predicted molar refractivity (Wildman–Crippen MR) is 91.0 cm³/mol. The van der Waals surface area contributed by atoms with Crippen LogP contribution in [0.15, 0.2) is 32.9 Å². The molecule has 1 saturated heterocycles. The van der Waals surface area contributed by atoms with Crippen LogP contribution in [0.4, 0.5) is 0 Å². The third kappa shape index (κ3) is 4.89. The van der Waals surface area contributed by atoms with Gasteiger partial charge in [0.15, 0.2) is 0 Å². The van der Waals surface area contributed by atoms with E-state index in [9.17, 15) is 0 Å². The van der Waals surface area contributed by atoms with E-state index in [1.807, 2.05) is 20.0 Å². The lowest BCUT2D eigenvalue weighted by Crippen LogP contribution is -2.41. The number of ether oxygens (including phenoxy) is 1. The molecular weight excluding hydrogens is 284 g/mol. The molecule has 0 atom stereocenters. The van der Waals surface area contributed by atoms with Gasteiger partial charge in [0.05, 0.1) is 25.2 Å². The number of hydrogen-bond donors (Lipinski definition) is 2. The average molecular weight is 308 g/mol. The lowest BCUT2D eigenvalue weighted by atomic mass is 10.1. The molecule has 5 nitrogen and oxygen atoms in total. The van der Waals surface area contributed by atoms with E-state index >= 15 is 0 Å². The number of aliphatic imine (C=N–C) groups is 2. The second-order valence-electron chi connectivity index (χ2n) is 5.36. The molecule has 0 aromatic heterocycles. The molecule has 2 heterocycles. The highest BCUT2D eigenvalue weighted by Gasteiger charge is 2.18. The van der Waals surface area contributed by atoms with Gasteiger partial charge < -0.3 is 15.0 Å². The summed E-state index contributed by atoms with van der Waals surface area (Å²) < 4.78 is 5.37. The van der Waals surface area contributed by atoms with Crippen molar-refractivity contribution < 1.29 is 4.74 Å². The Labute approximate surface area is 132 Å². The van der Waals surface area contributed by atoms with Gasteiger partial charge in [0.25, 0.3) is 0 Å². The molecule has 0 radical (unpaired) electrons. The highest BCUT2D eigenvalue weighted by Crippen LogP contribution is 2.21. The lowest BCUT2D eigenvalue weighted by Gasteiger charge is -2.31. The van der Waals surface area contributed by atoms with E-state index in [1.54, 1.807) is 11.7 Å². The topological polar surface area (TPSA) is 49.2 Å². The number of nitrogens with zero attached hydrogens (tertiary/aromatic N) is 3. The summed E-state index contributed by atoms with van der Waals surface area (Å²) in [5, 5.41) is 4.96. The van der Waals surface area contributed by atoms with Crippen molar-refractivity contribution in [1.82, 2.24) is 10.2 Å². The van der Waals surface area contributed by atoms with Crippen LogP contribution in [0.5, 0.6) is 0 Å². The van der Waals surface area contributed by atoms with Gasteiger partial charge in [-0.1, -0.05) is 0 Å². The van der Waals surface area contributed by atoms with Crippen molar-refractivity contribution >= 4 is 24.8 Å². The molecule has 1 fully saturated rings. The Bertz CT molecular complexity index is 462. The summed E-state index contributed by atoms with van der Waals surface area (Å²) in [6.07, 6.45) is 5.59. The van der Waals surface area contributed by atoms with E-state index in [4.69, 9.17) is 4.74 Å². The van der Waals surface area contributed by atoms with Gasteiger partial charge in [-0.05, 0) is 31.2 Å². The standard InChI is InChI=1S/C15H24N4OS/c1-12(2)17-11-18-14(10-21)13-3-4-15(16-9-13)19-5-7-20-8-6-19/h9-12,21H,3-8H2,1-2H3,(H,17,18)/b14-10-. The molecule has 0 aromatic carbocycles. The zero-order valence-corrected chi connectivity index (χ0v) is 13.6. The molecule has 21 heavy (non-hydrogen) atoms. The van der Waals surface area contributed by atoms with Crippen LogP contribution in [0.3, 0.4) is 0 Å². The third-order valence-electron chi connectivity index (χ3n) is 3.43. The number of allylic oxidation sites excluding steroid dienone is 1. The van der Waals surface area contributed by atoms with Crippen molar-refractivity contribution in [1.29, 1.82) is 0 Å². The van der Waals surface area contributed by atoms with Crippen LogP contribution in [-0.4, -0.2) is 49.4 Å². The smallest absolute Gasteiger partial charge is 0.105 e. The zero-order valence-electron chi connectivity index (χ0n) is 12.7. The van der Waals surface area contributed by atoms with E-state index in [0.29, 0.717) is 0 Å². The normalized spacial score (nSPS) is 20.8. The Morgan fingerprint density at radius 2 is 2.19 bits per heavy atom. The van der Waals surface area contributed by atoms with Gasteiger partial charge in [0.2, 0.25) is 0 Å². The van der Waals surface area contributed by atoms with E-state index in [-0.39, 0.29) is 6.04 Å². The van der Waals surface area contributed by atoms with Crippen LogP contribution in [0, 0.1) is 0 Å². The van der Waals surface area contributed by atoms with Gasteiger partial charge in [-0.25, -0.2) is 4.99 Å². The highest BCUT2D eigenvalue weighted by atomic mass is 32.1. The Kier molecular flexibility index (Phi) is 6.32. The molecule has 6 heteroatoms. The summed E-state index contributed by atoms with van der Waals surface area (Å²) in [5.41, 5.74) is 2.13. The summed E-state index contributed by atoms with van der Waals surface area (Å²) in [6, 6.07) is 0.282. The summed E-state index contributed by atoms with van der Waals surface area (Å²) in [6.45, 7) is 7.56. The number of thiol groups is 1. The van der Waals surface area contributed by atoms with Crippen LogP contribution in [-0.2, 0) is 4.74 Å². The molecule has 0 amide bonds. The number of rotatable bonds is 4. The van der Waals surface area contributed by atoms with Crippen molar-refractivity contribution in [3.8, 4) is 0 Å². The maximum absolute atomic E-state index is 5.37. The molecular formula is C15H24N4OS. The lowest BCUT2D eigenvalue weighted by molar-refractivity contribution is 0.0671. The van der Waals surface area contributed by atoms with Gasteiger partial charge in [-0.2, -0.15) is 0 Å². The van der Waals surface area contributed by atoms with Gasteiger partial charge in [0.1, 0.15) is 5.84 Å². The number of amidine groups is 1. The summed E-state index contributed by atoms with van der Waals surface area (Å²) in [7, 11) is 0. The Balaban J connectivity index is 1.97. The first kappa shape index (κ1) is 16.1. The number of hydrogen-bond acceptors (Lipinski definition) is 5. The molecule has 116 valence electrons. The second kappa shape index (κ2) is 8.24. The van der Waals surface area contributed by atoms with E-state index in [0.717, 1.165) is 56.3 Å². The average Bonchev–Trinajstić information content (AvgIpc) is 2.52. The Morgan fingerprint density at radius 1 is 1.43 bits per heavy atom. The zero-order chi connectivity index (χ0) is 15.1. The van der Waals surface area contributed by atoms with Crippen molar-refractivity contribution in [2.45, 2.75) is 32.7 Å². The van der Waals surface area contributed by atoms with Crippen LogP contribution in [0.2, 0.25) is 0 Å². The second-order valence-corrected chi connectivity index (χ2v) is 5.62. The molecule has 0 bridgehead atoms. The molecule has 1 N–H and O–H groups in total. The van der Waals surface area contributed by atoms with Crippen LogP contribution >= 0.6 is 12.6 Å². The Hall–Kier alpha value is -1.27. The molecule has 0 spiro atoms. The first-order chi connectivity index (χ1) is 10.2.